The number of imidazole rings is 1. The highest BCUT2D eigenvalue weighted by Crippen LogP contribution is 2.09. The summed E-state index contributed by atoms with van der Waals surface area (Å²) in [6, 6.07) is 0. The molecule has 0 fully saturated rings. The summed E-state index contributed by atoms with van der Waals surface area (Å²) in [4.78, 5) is 26.0. The van der Waals surface area contributed by atoms with Crippen LogP contribution in [0.1, 0.15) is 26.5 Å². The molecule has 0 aromatic carbocycles. The normalized spacial score (nSPS) is 11.2. The average molecular weight is 245 g/mol. The molecular formula is C10H13ClN2O3. The first-order chi connectivity index (χ1) is 7.28. The van der Waals surface area contributed by atoms with Crippen molar-refractivity contribution in [3.63, 3.8) is 0 Å². The van der Waals surface area contributed by atoms with Crippen LogP contribution in [-0.4, -0.2) is 26.5 Å². The van der Waals surface area contributed by atoms with Gasteiger partial charge in [0.25, 0.3) is 0 Å². The average Bonchev–Trinajstić information content (AvgIpc) is 2.48. The summed E-state index contributed by atoms with van der Waals surface area (Å²) >= 11 is 5.20. The molecule has 0 spiro atoms. The third kappa shape index (κ3) is 4.02. The lowest BCUT2D eigenvalue weighted by atomic mass is 10.2. The van der Waals surface area contributed by atoms with Crippen molar-refractivity contribution >= 4 is 22.9 Å². The van der Waals surface area contributed by atoms with Gasteiger partial charge in [-0.3, -0.25) is 4.79 Å². The van der Waals surface area contributed by atoms with Gasteiger partial charge in [-0.15, -0.1) is 0 Å². The van der Waals surface area contributed by atoms with Crippen LogP contribution in [0.15, 0.2) is 12.5 Å². The molecule has 5 nitrogen and oxygen atoms in total. The maximum Gasteiger partial charge on any atom is 0.419 e. The maximum absolute atomic E-state index is 11.5. The van der Waals surface area contributed by atoms with Gasteiger partial charge in [0, 0.05) is 6.20 Å². The number of aromatic nitrogens is 2. The highest BCUT2D eigenvalue weighted by Gasteiger charge is 2.18. The Morgan fingerprint density at radius 1 is 1.50 bits per heavy atom. The van der Waals surface area contributed by atoms with Gasteiger partial charge in [-0.05, 0) is 32.4 Å². The van der Waals surface area contributed by atoms with Gasteiger partial charge >= 0.3 is 6.09 Å². The fourth-order valence-electron chi connectivity index (χ4n) is 1.01. The third-order valence-corrected chi connectivity index (χ3v) is 1.69. The van der Waals surface area contributed by atoms with E-state index in [0.717, 1.165) is 0 Å². The molecule has 0 amide bonds. The lowest BCUT2D eigenvalue weighted by molar-refractivity contribution is -0.111. The van der Waals surface area contributed by atoms with Crippen molar-refractivity contribution in [3.8, 4) is 0 Å². The third-order valence-electron chi connectivity index (χ3n) is 1.56. The van der Waals surface area contributed by atoms with Crippen molar-refractivity contribution < 1.29 is 14.3 Å². The first-order valence-corrected chi connectivity index (χ1v) is 5.10. The van der Waals surface area contributed by atoms with Crippen molar-refractivity contribution in [1.82, 2.24) is 9.55 Å². The fourth-order valence-corrected chi connectivity index (χ4v) is 1.15. The Labute approximate surface area is 98.4 Å². The molecule has 16 heavy (non-hydrogen) atoms. The molecule has 0 atom stereocenters. The molecule has 0 radical (unpaired) electrons. The summed E-state index contributed by atoms with van der Waals surface area (Å²) < 4.78 is 6.29. The smallest absolute Gasteiger partial charge is 0.419 e. The first-order valence-electron chi connectivity index (χ1n) is 4.72. The van der Waals surface area contributed by atoms with E-state index in [0.29, 0.717) is 5.69 Å². The molecule has 0 bridgehead atoms. The number of carbonyl (C=O) groups is 2. The van der Waals surface area contributed by atoms with Gasteiger partial charge < -0.3 is 4.74 Å². The van der Waals surface area contributed by atoms with Crippen LogP contribution in [0, 0.1) is 0 Å². The number of carbonyl (C=O) groups excluding carboxylic acids is 2. The van der Waals surface area contributed by atoms with E-state index in [9.17, 15) is 9.59 Å². The van der Waals surface area contributed by atoms with Crippen molar-refractivity contribution in [2.75, 3.05) is 0 Å². The van der Waals surface area contributed by atoms with Crippen LogP contribution in [0.4, 0.5) is 4.79 Å². The largest absolute Gasteiger partial charge is 0.443 e. The van der Waals surface area contributed by atoms with Gasteiger partial charge in [0.05, 0.1) is 12.1 Å². The predicted molar refractivity (Wildman–Crippen MR) is 58.4 cm³/mol. The molecule has 6 heteroatoms. The zero-order chi connectivity index (χ0) is 12.3. The topological polar surface area (TPSA) is 61.2 Å². The Hall–Kier alpha value is -1.36. The van der Waals surface area contributed by atoms with Crippen molar-refractivity contribution in [2.24, 2.45) is 0 Å². The van der Waals surface area contributed by atoms with Crippen LogP contribution in [0.25, 0.3) is 0 Å². The van der Waals surface area contributed by atoms with E-state index in [4.69, 9.17) is 16.3 Å². The summed E-state index contributed by atoms with van der Waals surface area (Å²) in [6.07, 6.45) is 2.18. The number of rotatable bonds is 2. The zero-order valence-electron chi connectivity index (χ0n) is 9.36. The van der Waals surface area contributed by atoms with Crippen LogP contribution >= 0.6 is 11.6 Å². The van der Waals surface area contributed by atoms with E-state index >= 15 is 0 Å². The summed E-state index contributed by atoms with van der Waals surface area (Å²) in [5.74, 6) is 0. The Morgan fingerprint density at radius 3 is 2.62 bits per heavy atom. The molecule has 88 valence electrons. The summed E-state index contributed by atoms with van der Waals surface area (Å²) in [7, 11) is 0. The van der Waals surface area contributed by atoms with Crippen LogP contribution in [0.3, 0.4) is 0 Å². The lowest BCUT2D eigenvalue weighted by Gasteiger charge is -2.19. The Bertz CT molecular complexity index is 406. The predicted octanol–water partition coefficient (Wildman–Crippen LogP) is 1.97. The minimum absolute atomic E-state index is 0.00263. The lowest BCUT2D eigenvalue weighted by Crippen LogP contribution is -2.26. The first kappa shape index (κ1) is 12.7. The van der Waals surface area contributed by atoms with Gasteiger partial charge in [-0.2, -0.15) is 0 Å². The van der Waals surface area contributed by atoms with Gasteiger partial charge in [0.1, 0.15) is 11.9 Å². The zero-order valence-corrected chi connectivity index (χ0v) is 10.1. The van der Waals surface area contributed by atoms with Crippen LogP contribution in [-0.2, 0) is 16.0 Å². The van der Waals surface area contributed by atoms with E-state index < -0.39 is 16.9 Å². The molecule has 0 saturated heterocycles. The molecule has 1 heterocycles. The minimum atomic E-state index is -0.566. The highest BCUT2D eigenvalue weighted by atomic mass is 35.5. The quantitative estimate of drug-likeness (QED) is 0.747. The van der Waals surface area contributed by atoms with Gasteiger partial charge in [0.15, 0.2) is 0 Å². The number of ether oxygens (including phenoxy) is 1. The van der Waals surface area contributed by atoms with Crippen LogP contribution < -0.4 is 0 Å². The van der Waals surface area contributed by atoms with E-state index in [-0.39, 0.29) is 6.42 Å². The Morgan fingerprint density at radius 2 is 2.12 bits per heavy atom. The molecule has 1 rings (SSSR count). The summed E-state index contributed by atoms with van der Waals surface area (Å²) in [5.41, 5.74) is -0.130. The monoisotopic (exact) mass is 244 g/mol. The molecule has 0 aliphatic carbocycles. The second-order valence-corrected chi connectivity index (χ2v) is 4.71. The van der Waals surface area contributed by atoms with Crippen molar-refractivity contribution in [2.45, 2.75) is 32.8 Å². The summed E-state index contributed by atoms with van der Waals surface area (Å²) in [5, 5.41) is -0.519. The number of nitrogens with zero attached hydrogens (tertiary/aromatic N) is 2. The van der Waals surface area contributed by atoms with Gasteiger partial charge in [-0.1, -0.05) is 0 Å². The van der Waals surface area contributed by atoms with E-state index in [1.165, 1.54) is 17.1 Å². The molecule has 0 unspecified atom stereocenters. The van der Waals surface area contributed by atoms with Gasteiger partial charge in [0.2, 0.25) is 5.24 Å². The van der Waals surface area contributed by atoms with E-state index in [2.05, 4.69) is 4.98 Å². The second-order valence-electron chi connectivity index (χ2n) is 4.28. The van der Waals surface area contributed by atoms with Crippen LogP contribution in [0.2, 0.25) is 0 Å². The van der Waals surface area contributed by atoms with Gasteiger partial charge in [-0.25, -0.2) is 14.3 Å². The molecule has 0 aliphatic heterocycles. The number of hydrogen-bond donors (Lipinski definition) is 0. The summed E-state index contributed by atoms with van der Waals surface area (Å²) in [6.45, 7) is 5.31. The second kappa shape index (κ2) is 4.65. The fraction of sp³-hybridized carbons (Fsp3) is 0.500. The van der Waals surface area contributed by atoms with Crippen molar-refractivity contribution in [3.05, 3.63) is 18.2 Å². The number of hydrogen-bond acceptors (Lipinski definition) is 4. The Kier molecular flexibility index (Phi) is 3.70. The van der Waals surface area contributed by atoms with E-state index in [1.54, 1.807) is 20.8 Å². The van der Waals surface area contributed by atoms with E-state index in [1.807, 2.05) is 0 Å². The standard InChI is InChI=1S/C10H13ClN2O3/c1-10(2,3)16-9(15)13-5-7(12-6-13)4-8(11)14/h5-6H,4H2,1-3H3. The van der Waals surface area contributed by atoms with Crippen LogP contribution in [0.5, 0.6) is 0 Å². The Balaban J connectivity index is 2.71. The molecule has 0 saturated carbocycles. The molecule has 0 aliphatic rings. The molecule has 1 aromatic heterocycles. The number of halogens is 1. The maximum atomic E-state index is 11.5. The molecule has 0 N–H and O–H groups in total. The SMILES string of the molecule is CC(C)(C)OC(=O)n1cnc(CC(=O)Cl)c1. The van der Waals surface area contributed by atoms with Crippen molar-refractivity contribution in [1.29, 1.82) is 0 Å². The molecule has 1 aromatic rings. The molecular weight excluding hydrogens is 232 g/mol. The highest BCUT2D eigenvalue weighted by molar-refractivity contribution is 6.63. The minimum Gasteiger partial charge on any atom is -0.443 e.